The van der Waals surface area contributed by atoms with Crippen LogP contribution in [0.1, 0.15) is 51.5 Å². The van der Waals surface area contributed by atoms with Crippen molar-refractivity contribution in [2.45, 2.75) is 40.7 Å². The van der Waals surface area contributed by atoms with E-state index in [1.54, 1.807) is 27.7 Å². The smallest absolute Gasteiger partial charge is 0.340 e. The SMILES string of the molecule is Cc1[nH]c(C(=O)Nc2nc3c(C)cccc3s2)c(C)c1C(=O)OC(C)C. The van der Waals surface area contributed by atoms with E-state index in [2.05, 4.69) is 15.3 Å². The molecule has 0 spiro atoms. The van der Waals surface area contributed by atoms with E-state index in [1.165, 1.54) is 11.3 Å². The van der Waals surface area contributed by atoms with Gasteiger partial charge in [-0.3, -0.25) is 10.1 Å². The first kappa shape index (κ1) is 18.1. The minimum Gasteiger partial charge on any atom is -0.459 e. The molecular weight excluding hydrogens is 350 g/mol. The molecule has 2 heterocycles. The molecule has 136 valence electrons. The number of hydrogen-bond donors (Lipinski definition) is 2. The number of thiazole rings is 1. The van der Waals surface area contributed by atoms with Crippen LogP contribution in [0.25, 0.3) is 10.2 Å². The Bertz CT molecular complexity index is 1000. The second kappa shape index (κ2) is 6.92. The first-order valence-electron chi connectivity index (χ1n) is 8.35. The molecule has 7 heteroatoms. The lowest BCUT2D eigenvalue weighted by Gasteiger charge is -2.08. The van der Waals surface area contributed by atoms with Crippen LogP contribution in [-0.2, 0) is 4.74 Å². The first-order valence-corrected chi connectivity index (χ1v) is 9.17. The normalized spacial score (nSPS) is 11.2. The Labute approximate surface area is 155 Å². The van der Waals surface area contributed by atoms with E-state index in [0.717, 1.165) is 15.8 Å². The number of H-pyrrole nitrogens is 1. The maximum atomic E-state index is 12.7. The van der Waals surface area contributed by atoms with Crippen LogP contribution in [0.2, 0.25) is 0 Å². The lowest BCUT2D eigenvalue weighted by atomic mass is 10.1. The van der Waals surface area contributed by atoms with Gasteiger partial charge in [0.1, 0.15) is 5.69 Å². The molecule has 6 nitrogen and oxygen atoms in total. The number of para-hydroxylation sites is 1. The molecule has 0 bridgehead atoms. The van der Waals surface area contributed by atoms with Crippen molar-refractivity contribution < 1.29 is 14.3 Å². The Morgan fingerprint density at radius 3 is 2.62 bits per heavy atom. The molecule has 1 amide bonds. The van der Waals surface area contributed by atoms with Gasteiger partial charge < -0.3 is 9.72 Å². The van der Waals surface area contributed by atoms with E-state index in [9.17, 15) is 9.59 Å². The van der Waals surface area contributed by atoms with Crippen molar-refractivity contribution in [1.82, 2.24) is 9.97 Å². The highest BCUT2D eigenvalue weighted by Gasteiger charge is 2.24. The molecule has 0 saturated carbocycles. The van der Waals surface area contributed by atoms with Crippen LogP contribution in [0.3, 0.4) is 0 Å². The Balaban J connectivity index is 1.88. The van der Waals surface area contributed by atoms with E-state index in [1.807, 2.05) is 25.1 Å². The van der Waals surface area contributed by atoms with Crippen molar-refractivity contribution in [3.63, 3.8) is 0 Å². The Morgan fingerprint density at radius 1 is 1.23 bits per heavy atom. The fourth-order valence-corrected chi connectivity index (χ4v) is 3.79. The van der Waals surface area contributed by atoms with Gasteiger partial charge in [-0.1, -0.05) is 23.5 Å². The highest BCUT2D eigenvalue weighted by atomic mass is 32.1. The van der Waals surface area contributed by atoms with Crippen molar-refractivity contribution in [2.24, 2.45) is 0 Å². The zero-order valence-electron chi connectivity index (χ0n) is 15.4. The van der Waals surface area contributed by atoms with Gasteiger partial charge in [0.2, 0.25) is 0 Å². The number of esters is 1. The number of nitrogens with one attached hydrogen (secondary N) is 2. The maximum Gasteiger partial charge on any atom is 0.340 e. The number of hydrogen-bond acceptors (Lipinski definition) is 5. The summed E-state index contributed by atoms with van der Waals surface area (Å²) in [5.74, 6) is -0.758. The molecule has 0 aliphatic carbocycles. The fourth-order valence-electron chi connectivity index (χ4n) is 2.86. The number of benzene rings is 1. The molecule has 0 unspecified atom stereocenters. The summed E-state index contributed by atoms with van der Waals surface area (Å²) in [7, 11) is 0. The third-order valence-electron chi connectivity index (χ3n) is 4.05. The number of carbonyl (C=O) groups excluding carboxylic acids is 2. The molecular formula is C19H21N3O3S. The summed E-state index contributed by atoms with van der Waals surface area (Å²) in [5.41, 5.74) is 3.87. The van der Waals surface area contributed by atoms with E-state index in [4.69, 9.17) is 4.74 Å². The number of rotatable bonds is 4. The number of fused-ring (bicyclic) bond motifs is 1. The maximum absolute atomic E-state index is 12.7. The zero-order valence-corrected chi connectivity index (χ0v) is 16.2. The molecule has 0 fully saturated rings. The topological polar surface area (TPSA) is 84.1 Å². The monoisotopic (exact) mass is 371 g/mol. The number of aromatic nitrogens is 2. The van der Waals surface area contributed by atoms with Crippen LogP contribution in [0.15, 0.2) is 18.2 Å². The molecule has 0 radical (unpaired) electrons. The van der Waals surface area contributed by atoms with Crippen LogP contribution < -0.4 is 5.32 Å². The second-order valence-corrected chi connectivity index (χ2v) is 7.50. The molecule has 1 aromatic carbocycles. The van der Waals surface area contributed by atoms with Crippen molar-refractivity contribution in [3.8, 4) is 0 Å². The zero-order chi connectivity index (χ0) is 19.0. The highest BCUT2D eigenvalue weighted by molar-refractivity contribution is 7.22. The highest BCUT2D eigenvalue weighted by Crippen LogP contribution is 2.28. The van der Waals surface area contributed by atoms with Gasteiger partial charge in [0.05, 0.1) is 21.9 Å². The van der Waals surface area contributed by atoms with Crippen LogP contribution in [0, 0.1) is 20.8 Å². The summed E-state index contributed by atoms with van der Waals surface area (Å²) < 4.78 is 6.28. The standard InChI is InChI=1S/C19H21N3O3S/c1-9(2)25-18(24)14-11(4)16(20-12(14)5)17(23)22-19-21-15-10(3)7-6-8-13(15)26-19/h6-9,20H,1-5H3,(H,21,22,23). The van der Waals surface area contributed by atoms with Crippen molar-refractivity contribution in [3.05, 3.63) is 46.3 Å². The molecule has 0 aliphatic rings. The average Bonchev–Trinajstić information content (AvgIpc) is 3.08. The number of anilines is 1. The van der Waals surface area contributed by atoms with E-state index in [0.29, 0.717) is 27.6 Å². The Kier molecular flexibility index (Phi) is 4.82. The van der Waals surface area contributed by atoms with Gasteiger partial charge in [-0.15, -0.1) is 0 Å². The van der Waals surface area contributed by atoms with Gasteiger partial charge in [0.15, 0.2) is 5.13 Å². The van der Waals surface area contributed by atoms with Crippen LogP contribution in [-0.4, -0.2) is 27.9 Å². The van der Waals surface area contributed by atoms with Gasteiger partial charge in [-0.05, 0) is 51.8 Å². The molecule has 2 aromatic heterocycles. The molecule has 3 aromatic rings. The molecule has 2 N–H and O–H groups in total. The summed E-state index contributed by atoms with van der Waals surface area (Å²) in [6.45, 7) is 9.05. The van der Waals surface area contributed by atoms with E-state index in [-0.39, 0.29) is 12.0 Å². The number of aryl methyl sites for hydroxylation is 2. The molecule has 0 aliphatic heterocycles. The fraction of sp³-hybridized carbons (Fsp3) is 0.316. The van der Waals surface area contributed by atoms with Gasteiger partial charge >= 0.3 is 5.97 Å². The quantitative estimate of drug-likeness (QED) is 0.667. The van der Waals surface area contributed by atoms with Gasteiger partial charge in [-0.25, -0.2) is 9.78 Å². The number of ether oxygens (including phenoxy) is 1. The van der Waals surface area contributed by atoms with Crippen molar-refractivity contribution in [1.29, 1.82) is 0 Å². The lowest BCUT2D eigenvalue weighted by Crippen LogP contribution is -2.15. The van der Waals surface area contributed by atoms with Gasteiger partial charge in [0.25, 0.3) is 5.91 Å². The van der Waals surface area contributed by atoms with E-state index < -0.39 is 5.97 Å². The number of aromatic amines is 1. The predicted octanol–water partition coefficient (Wildman–Crippen LogP) is 4.37. The number of amides is 1. The number of nitrogens with zero attached hydrogens (tertiary/aromatic N) is 1. The predicted molar refractivity (Wildman–Crippen MR) is 103 cm³/mol. The minimum absolute atomic E-state index is 0.223. The summed E-state index contributed by atoms with van der Waals surface area (Å²) in [4.78, 5) is 32.4. The molecule has 3 rings (SSSR count). The van der Waals surface area contributed by atoms with Crippen LogP contribution in [0.5, 0.6) is 0 Å². The molecule has 0 atom stereocenters. The Hall–Kier alpha value is -2.67. The largest absolute Gasteiger partial charge is 0.459 e. The van der Waals surface area contributed by atoms with Crippen LogP contribution >= 0.6 is 11.3 Å². The summed E-state index contributed by atoms with van der Waals surface area (Å²) >= 11 is 1.42. The minimum atomic E-state index is -0.430. The second-order valence-electron chi connectivity index (χ2n) is 6.47. The third-order valence-corrected chi connectivity index (χ3v) is 4.99. The van der Waals surface area contributed by atoms with E-state index >= 15 is 0 Å². The summed E-state index contributed by atoms with van der Waals surface area (Å²) in [5, 5.41) is 3.35. The molecule has 0 saturated heterocycles. The van der Waals surface area contributed by atoms with Gasteiger partial charge in [-0.2, -0.15) is 0 Å². The number of carbonyl (C=O) groups is 2. The van der Waals surface area contributed by atoms with Gasteiger partial charge in [0, 0.05) is 5.69 Å². The average molecular weight is 371 g/mol. The third kappa shape index (κ3) is 3.35. The summed E-state index contributed by atoms with van der Waals surface area (Å²) in [6, 6.07) is 5.92. The Morgan fingerprint density at radius 2 is 1.96 bits per heavy atom. The van der Waals surface area contributed by atoms with Crippen molar-refractivity contribution in [2.75, 3.05) is 5.32 Å². The molecule has 26 heavy (non-hydrogen) atoms. The summed E-state index contributed by atoms with van der Waals surface area (Å²) in [6.07, 6.45) is -0.223. The lowest BCUT2D eigenvalue weighted by molar-refractivity contribution is 0.0376. The van der Waals surface area contributed by atoms with Crippen LogP contribution in [0.4, 0.5) is 5.13 Å². The van der Waals surface area contributed by atoms with Crippen molar-refractivity contribution >= 4 is 38.6 Å². The first-order chi connectivity index (χ1) is 12.3.